The molecule has 0 unspecified atom stereocenters. The summed E-state index contributed by atoms with van der Waals surface area (Å²) in [6, 6.07) is 4.79. The van der Waals surface area contributed by atoms with E-state index in [0.29, 0.717) is 19.3 Å². The lowest BCUT2D eigenvalue weighted by atomic mass is 9.86. The number of halogens is 3. The number of likely N-dealkylation sites (N-methyl/N-ethyl adjacent to an activating group) is 1. The minimum atomic E-state index is -4.93. The van der Waals surface area contributed by atoms with Crippen molar-refractivity contribution in [3.8, 4) is 17.6 Å². The fraction of sp³-hybridized carbons (Fsp3) is 0.500. The van der Waals surface area contributed by atoms with Gasteiger partial charge < -0.3 is 14.8 Å². The zero-order chi connectivity index (χ0) is 21.1. The van der Waals surface area contributed by atoms with E-state index in [2.05, 4.69) is 10.1 Å². The van der Waals surface area contributed by atoms with E-state index >= 15 is 0 Å². The van der Waals surface area contributed by atoms with E-state index in [-0.39, 0.29) is 29.4 Å². The van der Waals surface area contributed by atoms with E-state index < -0.39 is 17.7 Å². The highest BCUT2D eigenvalue weighted by Gasteiger charge is 2.41. The van der Waals surface area contributed by atoms with Crippen molar-refractivity contribution in [3.05, 3.63) is 23.8 Å². The number of ether oxygens (including phenoxy) is 2. The molecular weight excluding hydrogens is 379 g/mol. The largest absolute Gasteiger partial charge is 0.573 e. The summed E-state index contributed by atoms with van der Waals surface area (Å²) in [4.78, 5) is 24.9. The lowest BCUT2D eigenvalue weighted by Crippen LogP contribution is -2.59. The van der Waals surface area contributed by atoms with E-state index in [1.54, 1.807) is 27.0 Å². The molecule has 1 aromatic rings. The Morgan fingerprint density at radius 1 is 1.36 bits per heavy atom. The molecule has 0 atom stereocenters. The van der Waals surface area contributed by atoms with Crippen LogP contribution in [0.1, 0.15) is 32.3 Å². The summed E-state index contributed by atoms with van der Waals surface area (Å²) < 4.78 is 46.8. The van der Waals surface area contributed by atoms with Crippen LogP contribution in [0.5, 0.6) is 11.5 Å². The van der Waals surface area contributed by atoms with Crippen LogP contribution in [-0.2, 0) is 9.59 Å². The molecule has 10 heteroatoms. The number of benzene rings is 1. The van der Waals surface area contributed by atoms with Crippen molar-refractivity contribution >= 4 is 12.3 Å². The van der Waals surface area contributed by atoms with Crippen molar-refractivity contribution < 1.29 is 32.2 Å². The van der Waals surface area contributed by atoms with Crippen molar-refractivity contribution in [2.24, 2.45) is 0 Å². The molecule has 0 aliphatic heterocycles. The number of hydrogen-bond acceptors (Lipinski definition) is 6. The van der Waals surface area contributed by atoms with Gasteiger partial charge >= 0.3 is 6.36 Å². The van der Waals surface area contributed by atoms with Crippen LogP contribution >= 0.6 is 0 Å². The monoisotopic (exact) mass is 399 g/mol. The highest BCUT2D eigenvalue weighted by Crippen LogP contribution is 2.34. The number of alkyl halides is 3. The molecule has 0 bridgehead atoms. The van der Waals surface area contributed by atoms with Crippen molar-refractivity contribution in [1.29, 1.82) is 5.26 Å². The zero-order valence-corrected chi connectivity index (χ0v) is 15.5. The van der Waals surface area contributed by atoms with E-state index in [9.17, 15) is 22.8 Å². The maximum Gasteiger partial charge on any atom is 0.573 e. The Hall–Kier alpha value is -2.80. The molecule has 0 radical (unpaired) electrons. The summed E-state index contributed by atoms with van der Waals surface area (Å²) in [5, 5.41) is 11.7. The highest BCUT2D eigenvalue weighted by molar-refractivity contribution is 5.93. The average molecular weight is 399 g/mol. The number of hydrogen-bond donors (Lipinski definition) is 1. The number of nitrogens with zero attached hydrogens (tertiary/aromatic N) is 2. The minimum absolute atomic E-state index is 0.0984. The quantitative estimate of drug-likeness (QED) is 0.708. The number of nitriles is 1. The Kier molecular flexibility index (Phi) is 6.19. The Bertz CT molecular complexity index is 783. The molecule has 1 N–H and O–H groups in total. The van der Waals surface area contributed by atoms with E-state index in [4.69, 9.17) is 10.00 Å². The molecule has 2 rings (SSSR count). The Balaban J connectivity index is 2.02. The van der Waals surface area contributed by atoms with Crippen LogP contribution in [0, 0.1) is 11.3 Å². The first-order valence-electron chi connectivity index (χ1n) is 8.44. The molecule has 0 saturated heterocycles. The number of nitrogens with one attached hydrogen (secondary N) is 1. The van der Waals surface area contributed by atoms with E-state index in [1.165, 1.54) is 12.1 Å². The van der Waals surface area contributed by atoms with Gasteiger partial charge in [0.25, 0.3) is 0 Å². The van der Waals surface area contributed by atoms with Crippen LogP contribution in [0.2, 0.25) is 0 Å². The molecule has 1 aromatic carbocycles. The third-order valence-corrected chi connectivity index (χ3v) is 4.57. The van der Waals surface area contributed by atoms with Crippen LogP contribution in [0.3, 0.4) is 0 Å². The van der Waals surface area contributed by atoms with Crippen LogP contribution in [0.15, 0.2) is 18.2 Å². The SMILES string of the molecule is CNC(C)(C)C(=O)N(C=O)C1CC(Oc2ccc(C#N)c(OC(F)(F)F)c2)C1. The standard InChI is InChI=1S/C18H20F3N3O4/c1-17(2,23-3)16(26)24(10-25)12-6-14(7-12)27-13-5-4-11(9-22)15(8-13)28-18(19,20)21/h4-5,8,10,12,14,23H,6-7H2,1-3H3. The molecule has 1 aliphatic rings. The summed E-state index contributed by atoms with van der Waals surface area (Å²) >= 11 is 0. The number of carbonyl (C=O) groups excluding carboxylic acids is 2. The maximum absolute atomic E-state index is 12.5. The van der Waals surface area contributed by atoms with Crippen molar-refractivity contribution in [1.82, 2.24) is 10.2 Å². The molecule has 0 aromatic heterocycles. The van der Waals surface area contributed by atoms with Gasteiger partial charge in [0.15, 0.2) is 5.75 Å². The molecule has 152 valence electrons. The molecule has 0 heterocycles. The van der Waals surface area contributed by atoms with Gasteiger partial charge in [0, 0.05) is 24.9 Å². The normalized spacial score (nSPS) is 19.2. The van der Waals surface area contributed by atoms with Gasteiger partial charge in [0.05, 0.1) is 11.1 Å². The second kappa shape index (κ2) is 8.06. The van der Waals surface area contributed by atoms with Gasteiger partial charge in [0.1, 0.15) is 17.9 Å². The van der Waals surface area contributed by atoms with Crippen LogP contribution < -0.4 is 14.8 Å². The van der Waals surface area contributed by atoms with E-state index in [0.717, 1.165) is 11.0 Å². The van der Waals surface area contributed by atoms with Gasteiger partial charge in [-0.15, -0.1) is 13.2 Å². The number of carbonyl (C=O) groups is 2. The van der Waals surface area contributed by atoms with Crippen LogP contribution in [0.4, 0.5) is 13.2 Å². The Labute approximate surface area is 160 Å². The maximum atomic E-state index is 12.5. The number of rotatable bonds is 7. The summed E-state index contributed by atoms with van der Waals surface area (Å²) in [5.41, 5.74) is -1.19. The molecule has 2 amide bonds. The molecule has 1 aliphatic carbocycles. The second-order valence-electron chi connectivity index (χ2n) is 6.88. The second-order valence-corrected chi connectivity index (χ2v) is 6.88. The summed E-state index contributed by atoms with van der Waals surface area (Å²) in [6.07, 6.45) is -4.15. The lowest BCUT2D eigenvalue weighted by Gasteiger charge is -2.42. The number of imide groups is 1. The molecule has 28 heavy (non-hydrogen) atoms. The first kappa shape index (κ1) is 21.5. The predicted molar refractivity (Wildman–Crippen MR) is 91.3 cm³/mol. The fourth-order valence-corrected chi connectivity index (χ4v) is 2.66. The Morgan fingerprint density at radius 2 is 2.00 bits per heavy atom. The van der Waals surface area contributed by atoms with Crippen LogP contribution in [0.25, 0.3) is 0 Å². The van der Waals surface area contributed by atoms with E-state index in [1.807, 2.05) is 0 Å². The summed E-state index contributed by atoms with van der Waals surface area (Å²) in [5.74, 6) is -0.933. The fourth-order valence-electron chi connectivity index (χ4n) is 2.66. The number of amides is 2. The molecule has 7 nitrogen and oxygen atoms in total. The average Bonchev–Trinajstić information content (AvgIpc) is 2.58. The van der Waals surface area contributed by atoms with Gasteiger partial charge in [-0.05, 0) is 33.0 Å². The molecule has 1 fully saturated rings. The first-order chi connectivity index (χ1) is 13.0. The smallest absolute Gasteiger partial charge is 0.490 e. The molecule has 0 spiro atoms. The third-order valence-electron chi connectivity index (χ3n) is 4.57. The first-order valence-corrected chi connectivity index (χ1v) is 8.44. The van der Waals surface area contributed by atoms with Gasteiger partial charge in [0.2, 0.25) is 12.3 Å². The lowest BCUT2D eigenvalue weighted by molar-refractivity contribution is -0.274. The molecular formula is C18H20F3N3O4. The minimum Gasteiger partial charge on any atom is -0.490 e. The zero-order valence-electron chi connectivity index (χ0n) is 15.5. The van der Waals surface area contributed by atoms with Crippen molar-refractivity contribution in [2.45, 2.75) is 50.7 Å². The topological polar surface area (TPSA) is 91.7 Å². The van der Waals surface area contributed by atoms with Crippen molar-refractivity contribution in [2.75, 3.05) is 7.05 Å². The van der Waals surface area contributed by atoms with Crippen LogP contribution in [-0.4, -0.2) is 48.3 Å². The third kappa shape index (κ3) is 4.92. The highest BCUT2D eigenvalue weighted by atomic mass is 19.4. The summed E-state index contributed by atoms with van der Waals surface area (Å²) in [7, 11) is 1.61. The van der Waals surface area contributed by atoms with Crippen molar-refractivity contribution in [3.63, 3.8) is 0 Å². The predicted octanol–water partition coefficient (Wildman–Crippen LogP) is 2.35. The molecule has 1 saturated carbocycles. The summed E-state index contributed by atoms with van der Waals surface area (Å²) in [6.45, 7) is 3.30. The van der Waals surface area contributed by atoms with Gasteiger partial charge in [-0.3, -0.25) is 14.5 Å². The van der Waals surface area contributed by atoms with Gasteiger partial charge in [-0.1, -0.05) is 0 Å². The Morgan fingerprint density at radius 3 is 2.50 bits per heavy atom. The van der Waals surface area contributed by atoms with Gasteiger partial charge in [-0.2, -0.15) is 5.26 Å². The van der Waals surface area contributed by atoms with Gasteiger partial charge in [-0.25, -0.2) is 0 Å².